The number of allylic oxidation sites excluding steroid dienone is 3. The molecule has 2 N–H and O–H groups in total. The van der Waals surface area contributed by atoms with Crippen LogP contribution < -0.4 is 0 Å². The summed E-state index contributed by atoms with van der Waals surface area (Å²) in [6, 6.07) is 0. The molecule has 0 radical (unpaired) electrons. The Morgan fingerprint density at radius 2 is 2.12 bits per heavy atom. The van der Waals surface area contributed by atoms with Crippen LogP contribution in [0.1, 0.15) is 47.0 Å². The second kappa shape index (κ2) is 6.40. The van der Waals surface area contributed by atoms with Crippen molar-refractivity contribution in [1.82, 2.24) is 0 Å². The molecule has 3 aliphatic rings. The van der Waals surface area contributed by atoms with Crippen molar-refractivity contribution in [1.29, 1.82) is 0 Å². The standard InChI is InChI=1S/C21H30O4/c1-13(5-6-14(12-22)20(2,3)24)16-7-8-17-15-11-19(23)25-18(15)9-10-21(16,17)4/h5-6,9,11,13-14,16-17,22,24H,7-8,10,12H2,1-4H3/t13-,14-,16-,17+,21-/m1/s1. The van der Waals surface area contributed by atoms with E-state index in [-0.39, 0.29) is 23.9 Å². The molecule has 0 saturated heterocycles. The second-order valence-electron chi connectivity index (χ2n) is 8.72. The predicted molar refractivity (Wildman–Crippen MR) is 96.4 cm³/mol. The van der Waals surface area contributed by atoms with E-state index in [9.17, 15) is 15.0 Å². The normalized spacial score (nSPS) is 34.2. The van der Waals surface area contributed by atoms with Crippen LogP contribution in [0.3, 0.4) is 0 Å². The first-order valence-electron chi connectivity index (χ1n) is 9.32. The Balaban J connectivity index is 1.78. The second-order valence-corrected chi connectivity index (χ2v) is 8.72. The highest BCUT2D eigenvalue weighted by Crippen LogP contribution is 2.60. The summed E-state index contributed by atoms with van der Waals surface area (Å²) in [6.07, 6.45) is 11.0. The van der Waals surface area contributed by atoms with Gasteiger partial charge in [-0.1, -0.05) is 26.0 Å². The van der Waals surface area contributed by atoms with Crippen molar-refractivity contribution in [3.63, 3.8) is 0 Å². The maximum atomic E-state index is 11.6. The van der Waals surface area contributed by atoms with Crippen LogP contribution in [0.15, 0.2) is 35.6 Å². The number of hydrogen-bond acceptors (Lipinski definition) is 4. The summed E-state index contributed by atoms with van der Waals surface area (Å²) in [4.78, 5) is 11.6. The zero-order chi connectivity index (χ0) is 18.4. The van der Waals surface area contributed by atoms with Gasteiger partial charge in [0, 0.05) is 17.6 Å². The van der Waals surface area contributed by atoms with E-state index in [2.05, 4.69) is 26.0 Å². The SMILES string of the molecule is C[C@H](C=C[C@H](CO)C(C)(C)O)[C@H]1CC[C@H]2C3=CC(=O)OC3=CC[C@]12C. The van der Waals surface area contributed by atoms with Gasteiger partial charge in [-0.25, -0.2) is 4.79 Å². The van der Waals surface area contributed by atoms with Crippen molar-refractivity contribution >= 4 is 5.97 Å². The number of hydrogen-bond donors (Lipinski definition) is 2. The molecule has 0 spiro atoms. The Labute approximate surface area is 150 Å². The lowest BCUT2D eigenvalue weighted by Gasteiger charge is -2.41. The summed E-state index contributed by atoms with van der Waals surface area (Å²) >= 11 is 0. The van der Waals surface area contributed by atoms with E-state index >= 15 is 0 Å². The van der Waals surface area contributed by atoms with E-state index in [1.165, 1.54) is 0 Å². The van der Waals surface area contributed by atoms with E-state index in [1.54, 1.807) is 19.9 Å². The summed E-state index contributed by atoms with van der Waals surface area (Å²) in [5, 5.41) is 19.7. The molecule has 2 aliphatic carbocycles. The highest BCUT2D eigenvalue weighted by Gasteiger charge is 2.52. The van der Waals surface area contributed by atoms with E-state index in [0.717, 1.165) is 30.6 Å². The van der Waals surface area contributed by atoms with Crippen molar-refractivity contribution in [2.24, 2.45) is 29.1 Å². The van der Waals surface area contributed by atoms with E-state index in [0.29, 0.717) is 17.8 Å². The molecule has 0 unspecified atom stereocenters. The molecule has 0 aromatic rings. The first-order valence-corrected chi connectivity index (χ1v) is 9.32. The maximum Gasteiger partial charge on any atom is 0.336 e. The molecule has 1 saturated carbocycles. The van der Waals surface area contributed by atoms with Gasteiger partial charge in [0.15, 0.2) is 0 Å². The average molecular weight is 346 g/mol. The fraction of sp³-hybridized carbons (Fsp3) is 0.667. The molecule has 0 aromatic heterocycles. The van der Waals surface area contributed by atoms with Crippen molar-refractivity contribution in [3.05, 3.63) is 35.6 Å². The number of carbonyl (C=O) groups excluding carboxylic acids is 1. The molecule has 1 aliphatic heterocycles. The van der Waals surface area contributed by atoms with Crippen LogP contribution in [0.25, 0.3) is 0 Å². The fourth-order valence-corrected chi connectivity index (χ4v) is 5.03. The highest BCUT2D eigenvalue weighted by molar-refractivity contribution is 5.88. The minimum Gasteiger partial charge on any atom is -0.423 e. The number of ether oxygens (including phenoxy) is 1. The predicted octanol–water partition coefficient (Wildman–Crippen LogP) is 3.36. The van der Waals surface area contributed by atoms with Gasteiger partial charge in [0.25, 0.3) is 0 Å². The Kier molecular flexibility index (Phi) is 4.71. The lowest BCUT2D eigenvalue weighted by molar-refractivity contribution is -0.132. The van der Waals surface area contributed by atoms with Gasteiger partial charge in [-0.05, 0) is 62.4 Å². The molecule has 4 heteroatoms. The summed E-state index contributed by atoms with van der Waals surface area (Å²) in [5.41, 5.74) is 0.278. The minimum absolute atomic E-state index is 0.0598. The van der Waals surface area contributed by atoms with Gasteiger partial charge >= 0.3 is 5.97 Å². The number of rotatable bonds is 5. The first-order chi connectivity index (χ1) is 11.7. The third-order valence-corrected chi connectivity index (χ3v) is 6.67. The molecule has 25 heavy (non-hydrogen) atoms. The van der Waals surface area contributed by atoms with Gasteiger partial charge in [-0.2, -0.15) is 0 Å². The molecule has 138 valence electrons. The highest BCUT2D eigenvalue weighted by atomic mass is 16.5. The Morgan fingerprint density at radius 3 is 2.76 bits per heavy atom. The van der Waals surface area contributed by atoms with E-state index in [1.807, 2.05) is 6.08 Å². The molecule has 3 rings (SSSR count). The summed E-state index contributed by atoms with van der Waals surface area (Å²) < 4.78 is 5.31. The number of esters is 1. The molecule has 0 aromatic carbocycles. The number of aliphatic hydroxyl groups excluding tert-OH is 1. The first kappa shape index (κ1) is 18.4. The molecule has 0 amide bonds. The van der Waals surface area contributed by atoms with Gasteiger partial charge in [0.1, 0.15) is 5.76 Å². The zero-order valence-electron chi connectivity index (χ0n) is 15.7. The largest absolute Gasteiger partial charge is 0.423 e. The van der Waals surface area contributed by atoms with Crippen molar-refractivity contribution in [2.45, 2.75) is 52.6 Å². The summed E-state index contributed by atoms with van der Waals surface area (Å²) in [6.45, 7) is 7.95. The minimum atomic E-state index is -0.929. The molecule has 0 bridgehead atoms. The molecular weight excluding hydrogens is 316 g/mol. The smallest absolute Gasteiger partial charge is 0.336 e. The van der Waals surface area contributed by atoms with Gasteiger partial charge < -0.3 is 14.9 Å². The Morgan fingerprint density at radius 1 is 1.40 bits per heavy atom. The van der Waals surface area contributed by atoms with Crippen molar-refractivity contribution < 1.29 is 19.7 Å². The molecule has 1 heterocycles. The maximum absolute atomic E-state index is 11.6. The van der Waals surface area contributed by atoms with Gasteiger partial charge in [0.2, 0.25) is 0 Å². The molecule has 4 nitrogen and oxygen atoms in total. The zero-order valence-corrected chi connectivity index (χ0v) is 15.7. The lowest BCUT2D eigenvalue weighted by Crippen LogP contribution is -2.35. The number of fused-ring (bicyclic) bond motifs is 3. The van der Waals surface area contributed by atoms with Crippen LogP contribution >= 0.6 is 0 Å². The van der Waals surface area contributed by atoms with E-state index < -0.39 is 5.60 Å². The number of carbonyl (C=O) groups is 1. The quantitative estimate of drug-likeness (QED) is 0.592. The monoisotopic (exact) mass is 346 g/mol. The third kappa shape index (κ3) is 3.22. The summed E-state index contributed by atoms with van der Waals surface area (Å²) in [5.74, 6) is 1.50. The molecule has 5 atom stereocenters. The topological polar surface area (TPSA) is 66.8 Å². The lowest BCUT2D eigenvalue weighted by atomic mass is 9.63. The number of aliphatic hydroxyl groups is 2. The average Bonchev–Trinajstić information content (AvgIpc) is 3.05. The van der Waals surface area contributed by atoms with Crippen LogP contribution in [0, 0.1) is 29.1 Å². The third-order valence-electron chi connectivity index (χ3n) is 6.67. The van der Waals surface area contributed by atoms with Gasteiger partial charge in [-0.3, -0.25) is 0 Å². The van der Waals surface area contributed by atoms with Crippen LogP contribution in [-0.4, -0.2) is 28.4 Å². The molecular formula is C21H30O4. The Bertz CT molecular complexity index is 637. The van der Waals surface area contributed by atoms with Crippen LogP contribution in [0.5, 0.6) is 0 Å². The van der Waals surface area contributed by atoms with E-state index in [4.69, 9.17) is 4.74 Å². The van der Waals surface area contributed by atoms with Crippen molar-refractivity contribution in [2.75, 3.05) is 6.61 Å². The Hall–Kier alpha value is -1.39. The summed E-state index contributed by atoms with van der Waals surface area (Å²) in [7, 11) is 0. The van der Waals surface area contributed by atoms with Crippen LogP contribution in [-0.2, 0) is 9.53 Å². The fourth-order valence-electron chi connectivity index (χ4n) is 5.03. The van der Waals surface area contributed by atoms with Crippen LogP contribution in [0.2, 0.25) is 0 Å². The molecule has 1 fully saturated rings. The van der Waals surface area contributed by atoms with Crippen LogP contribution in [0.4, 0.5) is 0 Å². The van der Waals surface area contributed by atoms with Gasteiger partial charge in [-0.15, -0.1) is 0 Å². The van der Waals surface area contributed by atoms with Crippen molar-refractivity contribution in [3.8, 4) is 0 Å². The van der Waals surface area contributed by atoms with Gasteiger partial charge in [0.05, 0.1) is 12.2 Å².